The molecular weight excluding hydrogens is 255 g/mol. The van der Waals surface area contributed by atoms with E-state index >= 15 is 0 Å². The molecular formula is C14H18F3NO. The largest absolute Gasteiger partial charge is 0.391 e. The molecule has 0 saturated heterocycles. The van der Waals surface area contributed by atoms with Gasteiger partial charge in [-0.25, -0.2) is 0 Å². The number of halogens is 3. The first kappa shape index (κ1) is 14.3. The highest BCUT2D eigenvalue weighted by atomic mass is 19.4. The van der Waals surface area contributed by atoms with Crippen LogP contribution in [-0.2, 0) is 11.2 Å². The van der Waals surface area contributed by atoms with Gasteiger partial charge in [0.25, 0.3) is 0 Å². The van der Waals surface area contributed by atoms with Crippen LogP contribution in [0.2, 0.25) is 0 Å². The third-order valence-corrected chi connectivity index (χ3v) is 3.49. The topological polar surface area (TPSA) is 21.3 Å². The molecule has 0 heterocycles. The molecule has 0 radical (unpaired) electrons. The Morgan fingerprint density at radius 3 is 2.74 bits per heavy atom. The smallest absolute Gasteiger partial charge is 0.376 e. The average Bonchev–Trinajstić information content (AvgIpc) is 2.37. The summed E-state index contributed by atoms with van der Waals surface area (Å²) in [5.74, 6) is 0. The SMILES string of the molecule is CNC1c2ccccc2CCC1OCCC(F)(F)F. The summed E-state index contributed by atoms with van der Waals surface area (Å²) in [6.45, 7) is -0.269. The Bertz CT molecular complexity index is 419. The molecule has 1 aliphatic rings. The summed E-state index contributed by atoms with van der Waals surface area (Å²) in [6.07, 6.45) is -3.63. The van der Waals surface area contributed by atoms with Crippen LogP contribution >= 0.6 is 0 Å². The van der Waals surface area contributed by atoms with Gasteiger partial charge in [-0.2, -0.15) is 13.2 Å². The minimum absolute atomic E-state index is 0.0295. The lowest BCUT2D eigenvalue weighted by Gasteiger charge is -2.33. The normalized spacial score (nSPS) is 23.2. The molecule has 5 heteroatoms. The number of benzene rings is 1. The van der Waals surface area contributed by atoms with Crippen LogP contribution in [0.5, 0.6) is 0 Å². The number of fused-ring (bicyclic) bond motifs is 1. The second-order valence-corrected chi connectivity index (χ2v) is 4.78. The van der Waals surface area contributed by atoms with Gasteiger partial charge in [-0.3, -0.25) is 0 Å². The summed E-state index contributed by atoms with van der Waals surface area (Å²) in [5.41, 5.74) is 2.38. The highest BCUT2D eigenvalue weighted by Gasteiger charge is 2.31. The van der Waals surface area contributed by atoms with Crippen LogP contribution in [0.1, 0.15) is 30.0 Å². The van der Waals surface area contributed by atoms with E-state index in [0.29, 0.717) is 0 Å². The van der Waals surface area contributed by atoms with E-state index in [1.165, 1.54) is 5.56 Å². The standard InChI is InChI=1S/C14H18F3NO/c1-18-13-11-5-3-2-4-10(11)6-7-12(13)19-9-8-14(15,16)17/h2-5,12-13,18H,6-9H2,1H3. The summed E-state index contributed by atoms with van der Waals surface area (Å²) >= 11 is 0. The van der Waals surface area contributed by atoms with Crippen molar-refractivity contribution in [2.75, 3.05) is 13.7 Å². The fraction of sp³-hybridized carbons (Fsp3) is 0.571. The maximum absolute atomic E-state index is 12.1. The molecule has 0 fully saturated rings. The van der Waals surface area contributed by atoms with Crippen LogP contribution in [-0.4, -0.2) is 25.9 Å². The van der Waals surface area contributed by atoms with E-state index in [9.17, 15) is 13.2 Å². The summed E-state index contributed by atoms with van der Waals surface area (Å²) in [6, 6.07) is 7.97. The maximum atomic E-state index is 12.1. The number of ether oxygens (including phenoxy) is 1. The second-order valence-electron chi connectivity index (χ2n) is 4.78. The van der Waals surface area contributed by atoms with E-state index in [1.807, 2.05) is 25.2 Å². The predicted octanol–water partition coefficient (Wildman–Crippen LogP) is 3.23. The Labute approximate surface area is 111 Å². The van der Waals surface area contributed by atoms with E-state index in [2.05, 4.69) is 11.4 Å². The first-order valence-corrected chi connectivity index (χ1v) is 6.44. The van der Waals surface area contributed by atoms with Gasteiger partial charge in [-0.1, -0.05) is 24.3 Å². The molecule has 1 aliphatic carbocycles. The van der Waals surface area contributed by atoms with Crippen molar-refractivity contribution in [1.29, 1.82) is 0 Å². The lowest BCUT2D eigenvalue weighted by Crippen LogP contribution is -2.36. The summed E-state index contributed by atoms with van der Waals surface area (Å²) < 4.78 is 41.8. The molecule has 1 N–H and O–H groups in total. The lowest BCUT2D eigenvalue weighted by molar-refractivity contribution is -0.150. The Morgan fingerprint density at radius 2 is 2.05 bits per heavy atom. The molecule has 0 bridgehead atoms. The number of aryl methyl sites for hydroxylation is 1. The number of rotatable bonds is 4. The molecule has 0 amide bonds. The summed E-state index contributed by atoms with van der Waals surface area (Å²) in [5, 5.41) is 3.15. The molecule has 0 spiro atoms. The van der Waals surface area contributed by atoms with Crippen molar-refractivity contribution in [1.82, 2.24) is 5.32 Å². The van der Waals surface area contributed by atoms with Crippen LogP contribution in [0.3, 0.4) is 0 Å². The van der Waals surface area contributed by atoms with Crippen molar-refractivity contribution >= 4 is 0 Å². The van der Waals surface area contributed by atoms with Crippen LogP contribution in [0.15, 0.2) is 24.3 Å². The molecule has 106 valence electrons. The summed E-state index contributed by atoms with van der Waals surface area (Å²) in [4.78, 5) is 0. The van der Waals surface area contributed by atoms with Gasteiger partial charge >= 0.3 is 6.18 Å². The van der Waals surface area contributed by atoms with E-state index in [0.717, 1.165) is 18.4 Å². The summed E-state index contributed by atoms with van der Waals surface area (Å²) in [7, 11) is 1.81. The molecule has 0 aliphatic heterocycles. The average molecular weight is 273 g/mol. The van der Waals surface area contributed by atoms with Crippen LogP contribution in [0.4, 0.5) is 13.2 Å². The molecule has 1 aromatic carbocycles. The number of likely N-dealkylation sites (N-methyl/N-ethyl adjacent to an activating group) is 1. The fourth-order valence-electron chi connectivity index (χ4n) is 2.58. The van der Waals surface area contributed by atoms with Gasteiger partial charge < -0.3 is 10.1 Å². The monoisotopic (exact) mass is 273 g/mol. The minimum atomic E-state index is -4.15. The van der Waals surface area contributed by atoms with Crippen molar-refractivity contribution in [3.8, 4) is 0 Å². The number of hydrogen-bond donors (Lipinski definition) is 1. The molecule has 2 atom stereocenters. The maximum Gasteiger partial charge on any atom is 0.391 e. The van der Waals surface area contributed by atoms with Crippen molar-refractivity contribution in [3.05, 3.63) is 35.4 Å². The minimum Gasteiger partial charge on any atom is -0.376 e. The van der Waals surface area contributed by atoms with Gasteiger partial charge in [-0.05, 0) is 31.0 Å². The van der Waals surface area contributed by atoms with Gasteiger partial charge in [0.2, 0.25) is 0 Å². The molecule has 0 aromatic heterocycles. The van der Waals surface area contributed by atoms with Crippen LogP contribution in [0.25, 0.3) is 0 Å². The lowest BCUT2D eigenvalue weighted by atomic mass is 9.85. The molecule has 0 saturated carbocycles. The zero-order valence-corrected chi connectivity index (χ0v) is 10.8. The Morgan fingerprint density at radius 1 is 1.32 bits per heavy atom. The zero-order chi connectivity index (χ0) is 13.9. The molecule has 19 heavy (non-hydrogen) atoms. The predicted molar refractivity (Wildman–Crippen MR) is 67.0 cm³/mol. The number of hydrogen-bond acceptors (Lipinski definition) is 2. The fourth-order valence-corrected chi connectivity index (χ4v) is 2.58. The second kappa shape index (κ2) is 5.92. The van der Waals surface area contributed by atoms with Crippen molar-refractivity contribution in [2.45, 2.75) is 37.6 Å². The van der Waals surface area contributed by atoms with E-state index in [1.54, 1.807) is 0 Å². The first-order chi connectivity index (χ1) is 9.01. The molecule has 2 unspecified atom stereocenters. The van der Waals surface area contributed by atoms with Gasteiger partial charge in [0, 0.05) is 0 Å². The van der Waals surface area contributed by atoms with Crippen LogP contribution in [0, 0.1) is 0 Å². The highest BCUT2D eigenvalue weighted by Crippen LogP contribution is 2.32. The first-order valence-electron chi connectivity index (χ1n) is 6.44. The third-order valence-electron chi connectivity index (χ3n) is 3.49. The van der Waals surface area contributed by atoms with Gasteiger partial charge in [0.1, 0.15) is 0 Å². The highest BCUT2D eigenvalue weighted by molar-refractivity contribution is 5.33. The number of nitrogens with one attached hydrogen (secondary N) is 1. The quantitative estimate of drug-likeness (QED) is 0.909. The Balaban J connectivity index is 2.00. The molecule has 2 rings (SSSR count). The Hall–Kier alpha value is -1.07. The molecule has 1 aromatic rings. The number of alkyl halides is 3. The van der Waals surface area contributed by atoms with Gasteiger partial charge in [0.05, 0.1) is 25.2 Å². The van der Waals surface area contributed by atoms with E-state index in [-0.39, 0.29) is 18.8 Å². The molecule has 2 nitrogen and oxygen atoms in total. The van der Waals surface area contributed by atoms with Gasteiger partial charge in [-0.15, -0.1) is 0 Å². The Kier molecular flexibility index (Phi) is 4.47. The zero-order valence-electron chi connectivity index (χ0n) is 10.8. The van der Waals surface area contributed by atoms with Gasteiger partial charge in [0.15, 0.2) is 0 Å². The van der Waals surface area contributed by atoms with Crippen molar-refractivity contribution in [2.24, 2.45) is 0 Å². The van der Waals surface area contributed by atoms with Crippen molar-refractivity contribution < 1.29 is 17.9 Å². The van der Waals surface area contributed by atoms with Crippen molar-refractivity contribution in [3.63, 3.8) is 0 Å². The van der Waals surface area contributed by atoms with Crippen LogP contribution < -0.4 is 5.32 Å². The van der Waals surface area contributed by atoms with E-state index in [4.69, 9.17) is 4.74 Å². The van der Waals surface area contributed by atoms with E-state index < -0.39 is 12.6 Å². The third kappa shape index (κ3) is 3.70.